The first-order chi connectivity index (χ1) is 9.52. The van der Waals surface area contributed by atoms with E-state index in [0.29, 0.717) is 10.6 Å². The third-order valence-electron chi connectivity index (χ3n) is 3.24. The highest BCUT2D eigenvalue weighted by Gasteiger charge is 2.17. The number of amides is 1. The van der Waals surface area contributed by atoms with Gasteiger partial charge in [-0.15, -0.1) is 0 Å². The summed E-state index contributed by atoms with van der Waals surface area (Å²) in [5, 5.41) is 7.80. The Morgan fingerprint density at radius 1 is 1.45 bits per heavy atom. The summed E-state index contributed by atoms with van der Waals surface area (Å²) in [6.45, 7) is 6.73. The lowest BCUT2D eigenvalue weighted by Crippen LogP contribution is -2.27. The van der Waals surface area contributed by atoms with Gasteiger partial charge in [0.15, 0.2) is 0 Å². The summed E-state index contributed by atoms with van der Waals surface area (Å²) in [5.74, 6) is -0.174. The van der Waals surface area contributed by atoms with Gasteiger partial charge in [-0.1, -0.05) is 23.7 Å². The second-order valence-corrected chi connectivity index (χ2v) is 5.11. The molecule has 0 radical (unpaired) electrons. The molecule has 1 N–H and O–H groups in total. The van der Waals surface area contributed by atoms with Gasteiger partial charge in [0.25, 0.3) is 5.91 Å². The van der Waals surface area contributed by atoms with E-state index in [4.69, 9.17) is 11.6 Å². The highest BCUT2D eigenvalue weighted by atomic mass is 35.5. The molecule has 1 aromatic heterocycles. The van der Waals surface area contributed by atoms with E-state index in [9.17, 15) is 4.79 Å². The van der Waals surface area contributed by atoms with Gasteiger partial charge in [0.2, 0.25) is 0 Å². The van der Waals surface area contributed by atoms with E-state index in [1.165, 1.54) is 0 Å². The zero-order chi connectivity index (χ0) is 14.7. The second kappa shape index (κ2) is 6.09. The van der Waals surface area contributed by atoms with E-state index < -0.39 is 0 Å². The fraction of sp³-hybridized carbons (Fsp3) is 0.333. The van der Waals surface area contributed by atoms with Crippen LogP contribution < -0.4 is 5.32 Å². The lowest BCUT2D eigenvalue weighted by Gasteiger charge is -2.13. The largest absolute Gasteiger partial charge is 0.345 e. The molecule has 0 aliphatic rings. The number of hydrogen-bond donors (Lipinski definition) is 1. The fourth-order valence-electron chi connectivity index (χ4n) is 2.12. The van der Waals surface area contributed by atoms with E-state index in [-0.39, 0.29) is 11.9 Å². The SMILES string of the molecule is CCn1cc(C(C)NC(=O)c2ccccc2Cl)c(C)n1. The quantitative estimate of drug-likeness (QED) is 0.939. The van der Waals surface area contributed by atoms with E-state index in [2.05, 4.69) is 10.4 Å². The molecule has 20 heavy (non-hydrogen) atoms. The van der Waals surface area contributed by atoms with Crippen molar-refractivity contribution in [1.82, 2.24) is 15.1 Å². The minimum Gasteiger partial charge on any atom is -0.345 e. The molecule has 1 aromatic carbocycles. The molecule has 106 valence electrons. The molecule has 1 unspecified atom stereocenters. The van der Waals surface area contributed by atoms with Crippen molar-refractivity contribution in [3.8, 4) is 0 Å². The van der Waals surface area contributed by atoms with Crippen LogP contribution in [0, 0.1) is 6.92 Å². The summed E-state index contributed by atoms with van der Waals surface area (Å²) in [7, 11) is 0. The lowest BCUT2D eigenvalue weighted by atomic mass is 10.1. The molecule has 5 heteroatoms. The molecule has 1 amide bonds. The van der Waals surface area contributed by atoms with Crippen molar-refractivity contribution in [1.29, 1.82) is 0 Å². The topological polar surface area (TPSA) is 46.9 Å². The first-order valence-corrected chi connectivity index (χ1v) is 7.00. The Kier molecular flexibility index (Phi) is 4.45. The Bertz CT molecular complexity index is 621. The van der Waals surface area contributed by atoms with Gasteiger partial charge in [0, 0.05) is 18.3 Å². The average molecular weight is 292 g/mol. The van der Waals surface area contributed by atoms with Crippen LogP contribution in [0.2, 0.25) is 5.02 Å². The molecule has 0 fully saturated rings. The number of rotatable bonds is 4. The average Bonchev–Trinajstić information content (AvgIpc) is 2.80. The Hall–Kier alpha value is -1.81. The molecule has 0 aliphatic heterocycles. The second-order valence-electron chi connectivity index (χ2n) is 4.70. The smallest absolute Gasteiger partial charge is 0.253 e. The van der Waals surface area contributed by atoms with Crippen molar-refractivity contribution in [2.24, 2.45) is 0 Å². The molecule has 0 saturated heterocycles. The number of carbonyl (C=O) groups excluding carboxylic acids is 1. The van der Waals surface area contributed by atoms with Gasteiger partial charge >= 0.3 is 0 Å². The van der Waals surface area contributed by atoms with Crippen molar-refractivity contribution in [2.45, 2.75) is 33.4 Å². The zero-order valence-electron chi connectivity index (χ0n) is 11.9. The monoisotopic (exact) mass is 291 g/mol. The van der Waals surface area contributed by atoms with Crippen LogP contribution in [-0.4, -0.2) is 15.7 Å². The van der Waals surface area contributed by atoms with Crippen molar-refractivity contribution in [3.63, 3.8) is 0 Å². The summed E-state index contributed by atoms with van der Waals surface area (Å²) < 4.78 is 1.86. The first kappa shape index (κ1) is 14.6. The van der Waals surface area contributed by atoms with Gasteiger partial charge in [0.05, 0.1) is 22.3 Å². The van der Waals surface area contributed by atoms with Crippen molar-refractivity contribution in [3.05, 3.63) is 52.3 Å². The third kappa shape index (κ3) is 3.02. The van der Waals surface area contributed by atoms with Crippen LogP contribution in [-0.2, 0) is 6.54 Å². The van der Waals surface area contributed by atoms with Crippen LogP contribution in [0.5, 0.6) is 0 Å². The standard InChI is InChI=1S/C15H18ClN3O/c1-4-19-9-13(11(3)18-19)10(2)17-15(20)12-7-5-6-8-14(12)16/h5-10H,4H2,1-3H3,(H,17,20). The van der Waals surface area contributed by atoms with Gasteiger partial charge in [-0.25, -0.2) is 0 Å². The maximum atomic E-state index is 12.2. The number of nitrogens with zero attached hydrogens (tertiary/aromatic N) is 2. The van der Waals surface area contributed by atoms with Crippen LogP contribution in [0.1, 0.15) is 41.5 Å². The summed E-state index contributed by atoms with van der Waals surface area (Å²) in [5.41, 5.74) is 2.44. The van der Waals surface area contributed by atoms with Crippen LogP contribution in [0.15, 0.2) is 30.5 Å². The van der Waals surface area contributed by atoms with Crippen molar-refractivity contribution in [2.75, 3.05) is 0 Å². The lowest BCUT2D eigenvalue weighted by molar-refractivity contribution is 0.0940. The molecule has 2 aromatic rings. The fourth-order valence-corrected chi connectivity index (χ4v) is 2.34. The molecule has 2 rings (SSSR count). The predicted octanol–water partition coefficient (Wildman–Crippen LogP) is 3.36. The third-order valence-corrected chi connectivity index (χ3v) is 3.57. The van der Waals surface area contributed by atoms with Crippen molar-refractivity contribution >= 4 is 17.5 Å². The molecule has 0 bridgehead atoms. The highest BCUT2D eigenvalue weighted by molar-refractivity contribution is 6.33. The Balaban J connectivity index is 2.15. The highest BCUT2D eigenvalue weighted by Crippen LogP contribution is 2.19. The summed E-state index contributed by atoms with van der Waals surface area (Å²) in [6.07, 6.45) is 1.97. The van der Waals surface area contributed by atoms with E-state index in [0.717, 1.165) is 17.8 Å². The van der Waals surface area contributed by atoms with Crippen LogP contribution in [0.4, 0.5) is 0 Å². The maximum absolute atomic E-state index is 12.2. The summed E-state index contributed by atoms with van der Waals surface area (Å²) in [6, 6.07) is 6.91. The minimum atomic E-state index is -0.174. The van der Waals surface area contributed by atoms with Crippen molar-refractivity contribution < 1.29 is 4.79 Å². The minimum absolute atomic E-state index is 0.112. The molecule has 0 spiro atoms. The summed E-state index contributed by atoms with van der Waals surface area (Å²) >= 11 is 6.03. The molecule has 0 saturated carbocycles. The van der Waals surface area contributed by atoms with Gasteiger partial charge in [0.1, 0.15) is 0 Å². The Morgan fingerprint density at radius 2 is 2.15 bits per heavy atom. The molecule has 1 heterocycles. The summed E-state index contributed by atoms with van der Waals surface area (Å²) in [4.78, 5) is 12.2. The van der Waals surface area contributed by atoms with E-state index in [1.54, 1.807) is 24.3 Å². The Labute approximate surface area is 123 Å². The number of benzene rings is 1. The predicted molar refractivity (Wildman–Crippen MR) is 80.0 cm³/mol. The van der Waals surface area contributed by atoms with Gasteiger partial charge in [-0.05, 0) is 32.9 Å². The number of carbonyl (C=O) groups is 1. The number of aryl methyl sites for hydroxylation is 2. The Morgan fingerprint density at radius 3 is 2.75 bits per heavy atom. The number of hydrogen-bond acceptors (Lipinski definition) is 2. The molecular formula is C15H18ClN3O. The molecule has 0 aliphatic carbocycles. The van der Waals surface area contributed by atoms with Crippen LogP contribution in [0.3, 0.4) is 0 Å². The number of halogens is 1. The molecule has 1 atom stereocenters. The number of nitrogens with one attached hydrogen (secondary N) is 1. The molecular weight excluding hydrogens is 274 g/mol. The van der Waals surface area contributed by atoms with E-state index in [1.807, 2.05) is 31.6 Å². The molecule has 4 nitrogen and oxygen atoms in total. The zero-order valence-corrected chi connectivity index (χ0v) is 12.6. The van der Waals surface area contributed by atoms with Crippen LogP contribution >= 0.6 is 11.6 Å². The van der Waals surface area contributed by atoms with Gasteiger partial charge in [-0.2, -0.15) is 5.10 Å². The first-order valence-electron chi connectivity index (χ1n) is 6.62. The normalized spacial score (nSPS) is 12.2. The van der Waals surface area contributed by atoms with Gasteiger partial charge in [-0.3, -0.25) is 9.48 Å². The van der Waals surface area contributed by atoms with Crippen LogP contribution in [0.25, 0.3) is 0 Å². The number of aromatic nitrogens is 2. The maximum Gasteiger partial charge on any atom is 0.253 e. The van der Waals surface area contributed by atoms with Gasteiger partial charge < -0.3 is 5.32 Å². The van der Waals surface area contributed by atoms with E-state index >= 15 is 0 Å².